The average molecular weight is 660 g/mol. The summed E-state index contributed by atoms with van der Waals surface area (Å²) in [7, 11) is 1.58. The number of fused-ring (bicyclic) bond motifs is 2. The number of nitrogens with zero attached hydrogens (tertiary/aromatic N) is 2. The fourth-order valence-electron chi connectivity index (χ4n) is 5.41. The Labute approximate surface area is 273 Å². The molecule has 1 aromatic heterocycles. The van der Waals surface area contributed by atoms with Gasteiger partial charge in [-0.05, 0) is 66.6 Å². The summed E-state index contributed by atoms with van der Waals surface area (Å²) in [5, 5.41) is 2.92. The summed E-state index contributed by atoms with van der Waals surface area (Å²) in [5.41, 5.74) is 2.84. The van der Waals surface area contributed by atoms with Gasteiger partial charge in [0.05, 0.1) is 29.5 Å². The molecule has 0 unspecified atom stereocenters. The van der Waals surface area contributed by atoms with E-state index in [0.29, 0.717) is 47.7 Å². The van der Waals surface area contributed by atoms with Crippen molar-refractivity contribution in [3.05, 3.63) is 137 Å². The van der Waals surface area contributed by atoms with E-state index in [1.54, 1.807) is 37.7 Å². The van der Waals surface area contributed by atoms with Gasteiger partial charge in [-0.15, -0.1) is 0 Å². The van der Waals surface area contributed by atoms with Gasteiger partial charge in [-0.3, -0.25) is 9.36 Å². The molecule has 0 bridgehead atoms. The lowest BCUT2D eigenvalue weighted by Crippen LogP contribution is -2.40. The Morgan fingerprint density at radius 1 is 1.04 bits per heavy atom. The molecular formula is C35H28Cl2N2O5S. The molecule has 0 radical (unpaired) electrons. The number of aromatic nitrogens is 1. The highest BCUT2D eigenvalue weighted by molar-refractivity contribution is 7.07. The van der Waals surface area contributed by atoms with Crippen LogP contribution in [0.25, 0.3) is 16.8 Å². The number of carbonyl (C=O) groups excluding carboxylic acids is 1. The molecule has 0 saturated heterocycles. The van der Waals surface area contributed by atoms with Gasteiger partial charge in [0.2, 0.25) is 0 Å². The minimum Gasteiger partial charge on any atom is -0.496 e. The molecule has 0 saturated carbocycles. The van der Waals surface area contributed by atoms with Crippen molar-refractivity contribution in [2.45, 2.75) is 26.5 Å². The van der Waals surface area contributed by atoms with Gasteiger partial charge in [0.1, 0.15) is 24.1 Å². The van der Waals surface area contributed by atoms with Gasteiger partial charge in [0.25, 0.3) is 5.56 Å². The lowest BCUT2D eigenvalue weighted by molar-refractivity contribution is -0.139. The number of hydrogen-bond acceptors (Lipinski definition) is 7. The third kappa shape index (κ3) is 6.01. The summed E-state index contributed by atoms with van der Waals surface area (Å²) in [6, 6.07) is 23.5. The Balaban J connectivity index is 1.42. The SMILES string of the molecule is CCOC(=O)C1=C(C)N=c2s/c(=C/c3ccc(OCc4ccc(Cl)cc4Cl)cc3)c(=O)n2[C@@H]1c1c(OC)ccc2ccccc12. The molecule has 1 atom stereocenters. The molecule has 0 N–H and O–H groups in total. The standard InChI is InChI=1S/C35H28Cl2N2O5S/c1-4-43-34(41)30-20(2)38-35-39(32(30)31-26-8-6-5-7-22(26)12-16-28(31)42-3)33(40)29(45-35)17-21-9-14-25(15-10-21)44-19-23-11-13-24(36)18-27(23)37/h5-18,32H,4,19H2,1-3H3/b29-17+/t32-/m0/s1. The van der Waals surface area contributed by atoms with Crippen LogP contribution in [-0.4, -0.2) is 24.3 Å². The van der Waals surface area contributed by atoms with Crippen LogP contribution in [0.15, 0.2) is 99.9 Å². The molecule has 10 heteroatoms. The molecule has 6 rings (SSSR count). The summed E-state index contributed by atoms with van der Waals surface area (Å²) in [5.74, 6) is 0.682. The van der Waals surface area contributed by atoms with Crippen molar-refractivity contribution in [2.24, 2.45) is 4.99 Å². The Morgan fingerprint density at radius 3 is 2.56 bits per heavy atom. The second kappa shape index (κ2) is 12.9. The fraction of sp³-hybridized carbons (Fsp3) is 0.171. The first-order valence-corrected chi connectivity index (χ1v) is 15.8. The number of rotatable bonds is 8. The average Bonchev–Trinajstić information content (AvgIpc) is 3.33. The topological polar surface area (TPSA) is 79.1 Å². The Kier molecular flexibility index (Phi) is 8.81. The molecule has 1 aliphatic rings. The molecule has 5 aromatic rings. The maximum atomic E-state index is 14.2. The maximum Gasteiger partial charge on any atom is 0.338 e. The highest BCUT2D eigenvalue weighted by atomic mass is 35.5. The van der Waals surface area contributed by atoms with Gasteiger partial charge >= 0.3 is 5.97 Å². The van der Waals surface area contributed by atoms with Crippen molar-refractivity contribution in [3.8, 4) is 11.5 Å². The first-order valence-electron chi connectivity index (χ1n) is 14.2. The van der Waals surface area contributed by atoms with E-state index in [9.17, 15) is 9.59 Å². The van der Waals surface area contributed by atoms with Crippen molar-refractivity contribution in [2.75, 3.05) is 13.7 Å². The first-order chi connectivity index (χ1) is 21.8. The number of carbonyl (C=O) groups is 1. The van der Waals surface area contributed by atoms with Crippen molar-refractivity contribution < 1.29 is 19.0 Å². The van der Waals surface area contributed by atoms with Crippen LogP contribution in [0.2, 0.25) is 10.0 Å². The smallest absolute Gasteiger partial charge is 0.338 e. The predicted octanol–water partition coefficient (Wildman–Crippen LogP) is 6.85. The van der Waals surface area contributed by atoms with E-state index >= 15 is 0 Å². The normalized spacial score (nSPS) is 14.7. The number of hydrogen-bond donors (Lipinski definition) is 0. The summed E-state index contributed by atoms with van der Waals surface area (Å²) < 4.78 is 19.2. The van der Waals surface area contributed by atoms with Crippen molar-refractivity contribution in [1.82, 2.24) is 4.57 Å². The van der Waals surface area contributed by atoms with Crippen LogP contribution in [0.4, 0.5) is 0 Å². The zero-order valence-electron chi connectivity index (χ0n) is 24.7. The van der Waals surface area contributed by atoms with Gasteiger partial charge in [0, 0.05) is 21.2 Å². The minimum absolute atomic E-state index is 0.186. The number of benzene rings is 4. The maximum absolute atomic E-state index is 14.2. The minimum atomic E-state index is -0.807. The fourth-order valence-corrected chi connectivity index (χ4v) is 6.92. The zero-order chi connectivity index (χ0) is 31.7. The third-order valence-electron chi connectivity index (χ3n) is 7.53. The van der Waals surface area contributed by atoms with E-state index < -0.39 is 12.0 Å². The number of ether oxygens (including phenoxy) is 3. The molecule has 0 aliphatic carbocycles. The van der Waals surface area contributed by atoms with Crippen LogP contribution in [0.5, 0.6) is 11.5 Å². The molecule has 1 aliphatic heterocycles. The number of allylic oxidation sites excluding steroid dienone is 1. The Hall–Kier alpha value is -4.37. The van der Waals surface area contributed by atoms with Crippen LogP contribution in [0.1, 0.15) is 36.6 Å². The largest absolute Gasteiger partial charge is 0.496 e. The molecule has 0 spiro atoms. The first kappa shape index (κ1) is 30.6. The summed E-state index contributed by atoms with van der Waals surface area (Å²) in [6.07, 6.45) is 1.81. The lowest BCUT2D eigenvalue weighted by Gasteiger charge is -2.27. The molecule has 45 heavy (non-hydrogen) atoms. The van der Waals surface area contributed by atoms with Crippen LogP contribution < -0.4 is 24.4 Å². The van der Waals surface area contributed by atoms with E-state index in [1.165, 1.54) is 11.3 Å². The van der Waals surface area contributed by atoms with E-state index in [0.717, 1.165) is 21.9 Å². The van der Waals surface area contributed by atoms with E-state index in [-0.39, 0.29) is 18.8 Å². The lowest BCUT2D eigenvalue weighted by atomic mass is 9.90. The second-order valence-electron chi connectivity index (χ2n) is 10.3. The molecule has 0 amide bonds. The van der Waals surface area contributed by atoms with Crippen molar-refractivity contribution in [3.63, 3.8) is 0 Å². The van der Waals surface area contributed by atoms with E-state index in [1.807, 2.05) is 72.8 Å². The second-order valence-corrected chi connectivity index (χ2v) is 12.2. The Morgan fingerprint density at radius 2 is 1.82 bits per heavy atom. The highest BCUT2D eigenvalue weighted by Gasteiger charge is 2.36. The predicted molar refractivity (Wildman–Crippen MR) is 178 cm³/mol. The number of thiazole rings is 1. The third-order valence-corrected chi connectivity index (χ3v) is 9.10. The number of methoxy groups -OCH3 is 1. The van der Waals surface area contributed by atoms with Gasteiger partial charge < -0.3 is 14.2 Å². The van der Waals surface area contributed by atoms with Crippen LogP contribution >= 0.6 is 34.5 Å². The Bertz CT molecular complexity index is 2150. The molecular weight excluding hydrogens is 631 g/mol. The van der Waals surface area contributed by atoms with Crippen molar-refractivity contribution in [1.29, 1.82) is 0 Å². The van der Waals surface area contributed by atoms with Crippen LogP contribution in [0.3, 0.4) is 0 Å². The molecule has 4 aromatic carbocycles. The monoisotopic (exact) mass is 658 g/mol. The molecule has 0 fully saturated rings. The van der Waals surface area contributed by atoms with Crippen LogP contribution in [-0.2, 0) is 16.1 Å². The van der Waals surface area contributed by atoms with E-state index in [4.69, 9.17) is 42.4 Å². The summed E-state index contributed by atoms with van der Waals surface area (Å²) >= 11 is 13.5. The highest BCUT2D eigenvalue weighted by Crippen LogP contribution is 2.40. The van der Waals surface area contributed by atoms with Gasteiger partial charge in [0.15, 0.2) is 4.80 Å². The van der Waals surface area contributed by atoms with Gasteiger partial charge in [-0.2, -0.15) is 0 Å². The molecule has 7 nitrogen and oxygen atoms in total. The quantitative estimate of drug-likeness (QED) is 0.171. The number of halogens is 2. The van der Waals surface area contributed by atoms with Crippen molar-refractivity contribution >= 4 is 57.4 Å². The van der Waals surface area contributed by atoms with E-state index in [2.05, 4.69) is 0 Å². The van der Waals surface area contributed by atoms with Crippen LogP contribution in [0, 0.1) is 0 Å². The summed E-state index contributed by atoms with van der Waals surface area (Å²) in [4.78, 5) is 32.8. The summed E-state index contributed by atoms with van der Waals surface area (Å²) in [6.45, 7) is 3.99. The number of esters is 1. The molecule has 228 valence electrons. The zero-order valence-corrected chi connectivity index (χ0v) is 27.0. The molecule has 2 heterocycles. The van der Waals surface area contributed by atoms with Gasteiger partial charge in [-0.1, -0.05) is 83.1 Å². The van der Waals surface area contributed by atoms with Gasteiger partial charge in [-0.25, -0.2) is 9.79 Å².